The maximum absolute atomic E-state index is 12.9. The number of nitrogen functional groups attached to an aromatic ring is 1. The summed E-state index contributed by atoms with van der Waals surface area (Å²) in [5.41, 5.74) is 9.07. The fraction of sp³-hybridized carbons (Fsp3) is 0.278. The van der Waals surface area contributed by atoms with E-state index in [1.807, 2.05) is 37.3 Å². The summed E-state index contributed by atoms with van der Waals surface area (Å²) in [6, 6.07) is 11.4. The topological polar surface area (TPSA) is 73.8 Å². The van der Waals surface area contributed by atoms with Gasteiger partial charge in [0.1, 0.15) is 0 Å². The Balaban J connectivity index is 1.86. The molecule has 2 atom stereocenters. The lowest BCUT2D eigenvalue weighted by atomic mass is 10.1. The molecule has 1 saturated carbocycles. The molecule has 0 radical (unpaired) electrons. The van der Waals surface area contributed by atoms with E-state index in [4.69, 9.17) is 5.73 Å². The van der Waals surface area contributed by atoms with Crippen LogP contribution in [0.2, 0.25) is 0 Å². The van der Waals surface area contributed by atoms with Gasteiger partial charge in [-0.05, 0) is 43.0 Å². The highest BCUT2D eigenvalue weighted by Gasteiger charge is 2.35. The highest BCUT2D eigenvalue weighted by atomic mass is 16.2. The summed E-state index contributed by atoms with van der Waals surface area (Å²) in [5, 5.41) is 4.96. The molecule has 2 aromatic heterocycles. The van der Waals surface area contributed by atoms with Crippen molar-refractivity contribution in [3.63, 3.8) is 0 Å². The van der Waals surface area contributed by atoms with E-state index in [9.17, 15) is 4.79 Å². The quantitative estimate of drug-likeness (QED) is 0.789. The fourth-order valence-electron chi connectivity index (χ4n) is 3.04. The summed E-state index contributed by atoms with van der Waals surface area (Å²) in [7, 11) is 0. The normalized spacial score (nSPS) is 19.9. The average molecular weight is 306 g/mol. The predicted molar refractivity (Wildman–Crippen MR) is 89.4 cm³/mol. The molecule has 0 unspecified atom stereocenters. The van der Waals surface area contributed by atoms with Gasteiger partial charge in [0.05, 0.1) is 5.39 Å². The zero-order valence-electron chi connectivity index (χ0n) is 13.2. The average Bonchev–Trinajstić information content (AvgIpc) is 3.19. The van der Waals surface area contributed by atoms with E-state index in [0.29, 0.717) is 28.9 Å². The Morgan fingerprint density at radius 2 is 2.00 bits per heavy atom. The van der Waals surface area contributed by atoms with Gasteiger partial charge in [0.25, 0.3) is 5.91 Å². The van der Waals surface area contributed by atoms with E-state index in [1.165, 1.54) is 4.68 Å². The molecule has 116 valence electrons. The van der Waals surface area contributed by atoms with Crippen molar-refractivity contribution in [3.05, 3.63) is 53.2 Å². The van der Waals surface area contributed by atoms with Crippen LogP contribution in [0.5, 0.6) is 0 Å². The first kappa shape index (κ1) is 13.9. The van der Waals surface area contributed by atoms with Crippen LogP contribution in [0.15, 0.2) is 36.4 Å². The first-order chi connectivity index (χ1) is 11.1. The zero-order chi connectivity index (χ0) is 16.1. The molecule has 0 aliphatic heterocycles. The molecule has 23 heavy (non-hydrogen) atoms. The third-order valence-corrected chi connectivity index (χ3v) is 4.64. The SMILES string of the molecule is Cc1ccccc1C(=O)n1nc(N)c2ccc([C@H]3C[C@@H]3C)nc21. The van der Waals surface area contributed by atoms with Gasteiger partial charge in [0.2, 0.25) is 0 Å². The smallest absolute Gasteiger partial charge is 0.280 e. The number of aryl methyl sites for hydroxylation is 1. The summed E-state index contributed by atoms with van der Waals surface area (Å²) in [6.07, 6.45) is 1.15. The van der Waals surface area contributed by atoms with Gasteiger partial charge in [0, 0.05) is 17.2 Å². The number of pyridine rings is 1. The van der Waals surface area contributed by atoms with Crippen molar-refractivity contribution in [1.82, 2.24) is 14.8 Å². The minimum atomic E-state index is -0.196. The minimum Gasteiger partial charge on any atom is -0.382 e. The fourth-order valence-corrected chi connectivity index (χ4v) is 3.04. The minimum absolute atomic E-state index is 0.196. The van der Waals surface area contributed by atoms with E-state index < -0.39 is 0 Å². The Morgan fingerprint density at radius 1 is 1.26 bits per heavy atom. The van der Waals surface area contributed by atoms with E-state index in [-0.39, 0.29) is 5.91 Å². The van der Waals surface area contributed by atoms with Gasteiger partial charge in [-0.3, -0.25) is 4.79 Å². The van der Waals surface area contributed by atoms with E-state index in [2.05, 4.69) is 17.0 Å². The molecule has 4 rings (SSSR count). The highest BCUT2D eigenvalue weighted by molar-refractivity contribution is 6.03. The third kappa shape index (κ3) is 2.20. The largest absolute Gasteiger partial charge is 0.382 e. The number of carbonyl (C=O) groups is 1. The Bertz CT molecular complexity index is 928. The highest BCUT2D eigenvalue weighted by Crippen LogP contribution is 2.46. The molecule has 2 heterocycles. The van der Waals surface area contributed by atoms with Crippen LogP contribution in [0.25, 0.3) is 11.0 Å². The maximum atomic E-state index is 12.9. The van der Waals surface area contributed by atoms with Gasteiger partial charge in [-0.25, -0.2) is 4.98 Å². The monoisotopic (exact) mass is 306 g/mol. The molecule has 3 aromatic rings. The number of carbonyl (C=O) groups excluding carboxylic acids is 1. The molecule has 1 fully saturated rings. The molecule has 1 aliphatic rings. The summed E-state index contributed by atoms with van der Waals surface area (Å²) in [4.78, 5) is 17.5. The number of benzene rings is 1. The molecular formula is C18H18N4O. The summed E-state index contributed by atoms with van der Waals surface area (Å²) in [5.74, 6) is 1.28. The van der Waals surface area contributed by atoms with Gasteiger partial charge >= 0.3 is 0 Å². The summed E-state index contributed by atoms with van der Waals surface area (Å²) >= 11 is 0. The molecule has 0 saturated heterocycles. The van der Waals surface area contributed by atoms with Crippen LogP contribution < -0.4 is 5.73 Å². The van der Waals surface area contributed by atoms with Crippen molar-refractivity contribution in [3.8, 4) is 0 Å². The van der Waals surface area contributed by atoms with Crippen molar-refractivity contribution >= 4 is 22.8 Å². The second-order valence-electron chi connectivity index (χ2n) is 6.34. The first-order valence-corrected chi connectivity index (χ1v) is 7.81. The molecule has 0 bridgehead atoms. The Labute approximate surface area is 134 Å². The molecule has 0 spiro atoms. The lowest BCUT2D eigenvalue weighted by Crippen LogP contribution is -2.15. The molecule has 2 N–H and O–H groups in total. The zero-order valence-corrected chi connectivity index (χ0v) is 13.2. The number of nitrogens with zero attached hydrogens (tertiary/aromatic N) is 3. The summed E-state index contributed by atoms with van der Waals surface area (Å²) in [6.45, 7) is 4.12. The number of fused-ring (bicyclic) bond motifs is 1. The van der Waals surface area contributed by atoms with Crippen LogP contribution in [-0.2, 0) is 0 Å². The van der Waals surface area contributed by atoms with E-state index >= 15 is 0 Å². The van der Waals surface area contributed by atoms with Crippen LogP contribution in [-0.4, -0.2) is 20.7 Å². The van der Waals surface area contributed by atoms with Gasteiger partial charge in [-0.2, -0.15) is 4.68 Å². The number of nitrogens with two attached hydrogens (primary N) is 1. The van der Waals surface area contributed by atoms with Crippen molar-refractivity contribution in [2.75, 3.05) is 5.73 Å². The van der Waals surface area contributed by atoms with Gasteiger partial charge < -0.3 is 5.73 Å². The Kier molecular flexibility index (Phi) is 2.98. The Hall–Kier alpha value is -2.69. The van der Waals surface area contributed by atoms with E-state index in [0.717, 1.165) is 23.1 Å². The molecule has 1 aromatic carbocycles. The van der Waals surface area contributed by atoms with Crippen molar-refractivity contribution < 1.29 is 4.79 Å². The number of anilines is 1. The van der Waals surface area contributed by atoms with Crippen molar-refractivity contribution in [2.24, 2.45) is 5.92 Å². The third-order valence-electron chi connectivity index (χ3n) is 4.64. The number of hydrogen-bond acceptors (Lipinski definition) is 4. The second kappa shape index (κ2) is 4.91. The lowest BCUT2D eigenvalue weighted by molar-refractivity contribution is 0.0949. The molecule has 5 nitrogen and oxygen atoms in total. The number of rotatable bonds is 2. The van der Waals surface area contributed by atoms with Crippen LogP contribution in [0.4, 0.5) is 5.82 Å². The van der Waals surface area contributed by atoms with Crippen molar-refractivity contribution in [1.29, 1.82) is 0 Å². The summed E-state index contributed by atoms with van der Waals surface area (Å²) < 4.78 is 1.34. The maximum Gasteiger partial charge on any atom is 0.280 e. The predicted octanol–water partition coefficient (Wildman–Crippen LogP) is 3.13. The Morgan fingerprint density at radius 3 is 2.70 bits per heavy atom. The molecule has 5 heteroatoms. The van der Waals surface area contributed by atoms with Crippen LogP contribution >= 0.6 is 0 Å². The molecule has 0 amide bonds. The van der Waals surface area contributed by atoms with Gasteiger partial charge in [0.15, 0.2) is 11.5 Å². The van der Waals surface area contributed by atoms with Gasteiger partial charge in [-0.1, -0.05) is 25.1 Å². The number of hydrogen-bond donors (Lipinski definition) is 1. The van der Waals surface area contributed by atoms with Crippen LogP contribution in [0.1, 0.15) is 40.9 Å². The second-order valence-corrected chi connectivity index (χ2v) is 6.34. The van der Waals surface area contributed by atoms with E-state index in [1.54, 1.807) is 6.07 Å². The van der Waals surface area contributed by atoms with Crippen molar-refractivity contribution in [2.45, 2.75) is 26.2 Å². The van der Waals surface area contributed by atoms with Gasteiger partial charge in [-0.15, -0.1) is 5.10 Å². The molecule has 1 aliphatic carbocycles. The standard InChI is InChI=1S/C18H18N4O/c1-10-5-3-4-6-12(10)18(23)22-17-13(16(19)21-22)7-8-15(20-17)14-9-11(14)2/h3-8,11,14H,9H2,1-2H3,(H2,19,21)/t11-,14-/m0/s1. The molecular weight excluding hydrogens is 288 g/mol. The van der Waals surface area contributed by atoms with Crippen LogP contribution in [0, 0.1) is 12.8 Å². The van der Waals surface area contributed by atoms with Crippen LogP contribution in [0.3, 0.4) is 0 Å². The lowest BCUT2D eigenvalue weighted by Gasteiger charge is -2.05. The number of aromatic nitrogens is 3. The first-order valence-electron chi connectivity index (χ1n) is 7.81.